The van der Waals surface area contributed by atoms with Crippen molar-refractivity contribution < 1.29 is 9.53 Å². The van der Waals surface area contributed by atoms with Gasteiger partial charge < -0.3 is 14.2 Å². The highest BCUT2D eigenvalue weighted by atomic mass is 35.5. The van der Waals surface area contributed by atoms with Crippen LogP contribution in [0.5, 0.6) is 5.75 Å². The van der Waals surface area contributed by atoms with Crippen LogP contribution in [0.3, 0.4) is 0 Å². The van der Waals surface area contributed by atoms with Crippen LogP contribution in [0, 0.1) is 12.3 Å². The van der Waals surface area contributed by atoms with Crippen molar-refractivity contribution in [1.29, 1.82) is 0 Å². The number of piperidine rings is 1. The van der Waals surface area contributed by atoms with E-state index in [1.165, 1.54) is 5.69 Å². The number of carbonyl (C=O) groups is 1. The molecule has 0 saturated carbocycles. The minimum atomic E-state index is -0.261. The van der Waals surface area contributed by atoms with Crippen LogP contribution < -0.4 is 4.74 Å². The molecule has 2 aromatic carbocycles. The van der Waals surface area contributed by atoms with Crippen LogP contribution in [-0.2, 0) is 17.9 Å². The summed E-state index contributed by atoms with van der Waals surface area (Å²) in [5, 5.41) is 0.733. The number of benzene rings is 2. The molecule has 1 atom stereocenters. The molecule has 0 N–H and O–H groups in total. The average Bonchev–Trinajstić information content (AvgIpc) is 3.34. The zero-order chi connectivity index (χ0) is 26.4. The smallest absolute Gasteiger partial charge is 0.223 e. The van der Waals surface area contributed by atoms with Crippen LogP contribution in [0.15, 0.2) is 66.9 Å². The van der Waals surface area contributed by atoms with Crippen LogP contribution in [0.2, 0.25) is 5.02 Å². The van der Waals surface area contributed by atoms with E-state index in [9.17, 15) is 4.79 Å². The summed E-state index contributed by atoms with van der Waals surface area (Å²) in [6.07, 6.45) is 4.63. The van der Waals surface area contributed by atoms with E-state index in [0.717, 1.165) is 54.4 Å². The maximum atomic E-state index is 13.5. The number of carbonyl (C=O) groups excluding carboxylic acids is 1. The lowest BCUT2D eigenvalue weighted by Gasteiger charge is -2.43. The molecule has 0 spiro atoms. The van der Waals surface area contributed by atoms with Crippen molar-refractivity contribution in [2.75, 3.05) is 26.7 Å². The molecule has 4 rings (SSSR count). The molecule has 37 heavy (non-hydrogen) atoms. The van der Waals surface area contributed by atoms with Gasteiger partial charge >= 0.3 is 0 Å². The molecule has 1 fully saturated rings. The molecule has 198 valence electrons. The van der Waals surface area contributed by atoms with E-state index in [1.54, 1.807) is 0 Å². The standard InChI is InChI=1S/C31H40ClN3O2/c1-24(2)35-17-8-12-27(35)21-34-16-9-15-31(22-34,23-37-28-13-14-29(32)25(3)18-28)19-30(36)33(4)20-26-10-6-5-7-11-26/h5-8,10-14,17-18,24H,9,15-16,19-23H2,1-4H3/t31-/m1/s1. The van der Waals surface area contributed by atoms with Crippen LogP contribution in [-0.4, -0.2) is 47.0 Å². The molecule has 3 aromatic rings. The van der Waals surface area contributed by atoms with Gasteiger partial charge in [0, 0.05) is 61.5 Å². The molecule has 1 amide bonds. The van der Waals surface area contributed by atoms with Crippen molar-refractivity contribution >= 4 is 17.5 Å². The molecule has 1 aliphatic rings. The number of hydrogen-bond donors (Lipinski definition) is 0. The lowest BCUT2D eigenvalue weighted by molar-refractivity contribution is -0.135. The Morgan fingerprint density at radius 3 is 2.65 bits per heavy atom. The SMILES string of the molecule is Cc1cc(OC[C@@]2(CC(=O)N(C)Cc3ccccc3)CCCN(Cc3cccn3C(C)C)C2)ccc1Cl. The predicted octanol–water partition coefficient (Wildman–Crippen LogP) is 6.74. The number of likely N-dealkylation sites (tertiary alicyclic amines) is 1. The first-order chi connectivity index (χ1) is 17.7. The van der Waals surface area contributed by atoms with Gasteiger partial charge in [-0.25, -0.2) is 0 Å². The quantitative estimate of drug-likeness (QED) is 0.296. The van der Waals surface area contributed by atoms with Crippen molar-refractivity contribution in [3.8, 4) is 5.75 Å². The van der Waals surface area contributed by atoms with E-state index in [2.05, 4.69) is 53.8 Å². The monoisotopic (exact) mass is 521 g/mol. The Balaban J connectivity index is 1.51. The number of amides is 1. The van der Waals surface area contributed by atoms with Gasteiger partial charge in [0.05, 0.1) is 6.61 Å². The van der Waals surface area contributed by atoms with E-state index >= 15 is 0 Å². The zero-order valence-electron chi connectivity index (χ0n) is 22.6. The van der Waals surface area contributed by atoms with Crippen LogP contribution in [0.1, 0.15) is 56.0 Å². The summed E-state index contributed by atoms with van der Waals surface area (Å²) in [5.74, 6) is 0.962. The summed E-state index contributed by atoms with van der Waals surface area (Å²) in [6.45, 7) is 10.3. The van der Waals surface area contributed by atoms with Crippen molar-refractivity contribution in [2.24, 2.45) is 5.41 Å². The number of aromatic nitrogens is 1. The van der Waals surface area contributed by atoms with Gasteiger partial charge in [0.2, 0.25) is 5.91 Å². The van der Waals surface area contributed by atoms with Crippen LogP contribution in [0.4, 0.5) is 0 Å². The Morgan fingerprint density at radius 1 is 1.14 bits per heavy atom. The summed E-state index contributed by atoms with van der Waals surface area (Å²) in [7, 11) is 1.91. The second-order valence-electron chi connectivity index (χ2n) is 10.9. The highest BCUT2D eigenvalue weighted by Crippen LogP contribution is 2.36. The summed E-state index contributed by atoms with van der Waals surface area (Å²) >= 11 is 6.23. The van der Waals surface area contributed by atoms with Gasteiger partial charge in [-0.2, -0.15) is 0 Å². The van der Waals surface area contributed by atoms with E-state index in [4.69, 9.17) is 16.3 Å². The lowest BCUT2D eigenvalue weighted by Crippen LogP contribution is -2.48. The number of halogens is 1. The Hall–Kier alpha value is -2.76. The lowest BCUT2D eigenvalue weighted by atomic mass is 9.77. The highest BCUT2D eigenvalue weighted by Gasteiger charge is 2.39. The molecule has 0 radical (unpaired) electrons. The minimum absolute atomic E-state index is 0.159. The van der Waals surface area contributed by atoms with Crippen molar-refractivity contribution in [3.05, 3.63) is 88.7 Å². The summed E-state index contributed by atoms with van der Waals surface area (Å²) < 4.78 is 8.70. The van der Waals surface area contributed by atoms with E-state index in [0.29, 0.717) is 25.6 Å². The normalized spacial score (nSPS) is 18.2. The second kappa shape index (κ2) is 12.2. The van der Waals surface area contributed by atoms with Gasteiger partial charge in [-0.15, -0.1) is 0 Å². The molecular weight excluding hydrogens is 482 g/mol. The fourth-order valence-corrected chi connectivity index (χ4v) is 5.52. The van der Waals surface area contributed by atoms with Gasteiger partial charge in [0.25, 0.3) is 0 Å². The molecule has 5 nitrogen and oxygen atoms in total. The first kappa shape index (κ1) is 27.3. The number of nitrogens with zero attached hydrogens (tertiary/aromatic N) is 3. The van der Waals surface area contributed by atoms with Gasteiger partial charge in [-0.3, -0.25) is 9.69 Å². The van der Waals surface area contributed by atoms with Crippen molar-refractivity contribution in [2.45, 2.75) is 59.2 Å². The molecule has 6 heteroatoms. The third-order valence-electron chi connectivity index (χ3n) is 7.44. The predicted molar refractivity (Wildman–Crippen MR) is 151 cm³/mol. The second-order valence-corrected chi connectivity index (χ2v) is 11.3. The third kappa shape index (κ3) is 7.18. The molecule has 0 unspecified atom stereocenters. The summed E-state index contributed by atoms with van der Waals surface area (Å²) in [4.78, 5) is 17.9. The number of hydrogen-bond acceptors (Lipinski definition) is 3. The van der Waals surface area contributed by atoms with Gasteiger partial charge in [0.15, 0.2) is 0 Å². The molecule has 1 saturated heterocycles. The zero-order valence-corrected chi connectivity index (χ0v) is 23.4. The molecular formula is C31H40ClN3O2. The molecule has 1 aromatic heterocycles. The number of aryl methyl sites for hydroxylation is 1. The van der Waals surface area contributed by atoms with Crippen molar-refractivity contribution in [3.63, 3.8) is 0 Å². The Bertz CT molecular complexity index is 1180. The maximum Gasteiger partial charge on any atom is 0.223 e. The van der Waals surface area contributed by atoms with Gasteiger partial charge in [-0.05, 0) is 81.6 Å². The number of ether oxygens (including phenoxy) is 1. The molecule has 0 aliphatic carbocycles. The fraction of sp³-hybridized carbons (Fsp3) is 0.452. The van der Waals surface area contributed by atoms with Gasteiger partial charge in [0.1, 0.15) is 5.75 Å². The van der Waals surface area contributed by atoms with E-state index in [1.807, 2.05) is 55.3 Å². The summed E-state index contributed by atoms with van der Waals surface area (Å²) in [5.41, 5.74) is 3.18. The highest BCUT2D eigenvalue weighted by molar-refractivity contribution is 6.31. The topological polar surface area (TPSA) is 37.7 Å². The Morgan fingerprint density at radius 2 is 1.92 bits per heavy atom. The first-order valence-electron chi connectivity index (χ1n) is 13.3. The van der Waals surface area contributed by atoms with Crippen molar-refractivity contribution in [1.82, 2.24) is 14.4 Å². The molecule has 1 aliphatic heterocycles. The average molecular weight is 522 g/mol. The maximum absolute atomic E-state index is 13.5. The fourth-order valence-electron chi connectivity index (χ4n) is 5.40. The number of rotatable bonds is 10. The third-order valence-corrected chi connectivity index (χ3v) is 7.86. The largest absolute Gasteiger partial charge is 0.493 e. The summed E-state index contributed by atoms with van der Waals surface area (Å²) in [6, 6.07) is 20.7. The minimum Gasteiger partial charge on any atom is -0.493 e. The van der Waals surface area contributed by atoms with Gasteiger partial charge in [-0.1, -0.05) is 41.9 Å². The first-order valence-corrected chi connectivity index (χ1v) is 13.7. The Kier molecular flexibility index (Phi) is 8.99. The van der Waals surface area contributed by atoms with E-state index < -0.39 is 0 Å². The molecule has 2 heterocycles. The van der Waals surface area contributed by atoms with E-state index in [-0.39, 0.29) is 11.3 Å². The van der Waals surface area contributed by atoms with Crippen LogP contribution in [0.25, 0.3) is 0 Å². The van der Waals surface area contributed by atoms with Crippen LogP contribution >= 0.6 is 11.6 Å². The Labute approximate surface area is 227 Å². The molecule has 0 bridgehead atoms.